The van der Waals surface area contributed by atoms with Crippen LogP contribution in [0.3, 0.4) is 0 Å². The summed E-state index contributed by atoms with van der Waals surface area (Å²) in [6, 6.07) is 0. The maximum Gasteiger partial charge on any atom is 0.102 e. The first-order chi connectivity index (χ1) is 3.79. The van der Waals surface area contributed by atoms with Crippen LogP contribution in [0, 0.1) is 5.38 Å². The topological polar surface area (TPSA) is 0 Å². The average Bonchev–Trinajstić information content (AvgIpc) is 1.64. The lowest BCUT2D eigenvalue weighted by atomic mass is 9.99. The predicted octanol–water partition coefficient (Wildman–Crippen LogP) is 2.67. The van der Waals surface area contributed by atoms with Crippen molar-refractivity contribution in [1.82, 2.24) is 0 Å². The summed E-state index contributed by atoms with van der Waals surface area (Å²) in [5.74, 6) is 0. The highest BCUT2D eigenvalue weighted by Gasteiger charge is 2.19. The summed E-state index contributed by atoms with van der Waals surface area (Å²) in [7, 11) is 0. The van der Waals surface area contributed by atoms with Crippen LogP contribution in [0.25, 0.3) is 0 Å². The van der Waals surface area contributed by atoms with Crippen molar-refractivity contribution in [3.63, 3.8) is 0 Å². The highest BCUT2D eigenvalue weighted by Crippen LogP contribution is 2.30. The van der Waals surface area contributed by atoms with Gasteiger partial charge in [0, 0.05) is 0 Å². The van der Waals surface area contributed by atoms with Crippen LogP contribution in [0.4, 0.5) is 4.39 Å². The molecule has 1 aliphatic rings. The maximum absolute atomic E-state index is 12.3. The summed E-state index contributed by atoms with van der Waals surface area (Å²) in [4.78, 5) is 0. The van der Waals surface area contributed by atoms with E-state index >= 15 is 0 Å². The van der Waals surface area contributed by atoms with Crippen molar-refractivity contribution in [2.24, 2.45) is 0 Å². The van der Waals surface area contributed by atoms with E-state index in [0.717, 1.165) is 18.2 Å². The van der Waals surface area contributed by atoms with Gasteiger partial charge in [-0.2, -0.15) is 0 Å². The first-order valence-electron chi connectivity index (χ1n) is 2.93. The molecular weight excluding hydrogens is 127 g/mol. The molecule has 1 rings (SSSR count). The van der Waals surface area contributed by atoms with Gasteiger partial charge in [0.15, 0.2) is 0 Å². The molecule has 0 aromatic heterocycles. The predicted molar refractivity (Wildman–Crippen MR) is 32.5 cm³/mol. The quantitative estimate of drug-likeness (QED) is 0.479. The average molecular weight is 136 g/mol. The zero-order chi connectivity index (χ0) is 5.98. The van der Waals surface area contributed by atoms with E-state index in [4.69, 9.17) is 11.6 Å². The maximum atomic E-state index is 12.3. The molecule has 0 aliphatic heterocycles. The Labute approximate surface area is 54.0 Å². The normalized spacial score (nSPS) is 33.0. The molecule has 0 saturated heterocycles. The molecular formula is C6H9ClF. The zero-order valence-corrected chi connectivity index (χ0v) is 5.42. The van der Waals surface area contributed by atoms with Gasteiger partial charge in [0.1, 0.15) is 6.17 Å². The number of rotatable bonds is 0. The van der Waals surface area contributed by atoms with Gasteiger partial charge in [-0.1, -0.05) is 0 Å². The Morgan fingerprint density at radius 1 is 1.62 bits per heavy atom. The Hall–Kier alpha value is 0.220. The van der Waals surface area contributed by atoms with Crippen LogP contribution in [0.2, 0.25) is 0 Å². The van der Waals surface area contributed by atoms with Crippen LogP contribution >= 0.6 is 11.6 Å². The number of hydrogen-bond donors (Lipinski definition) is 0. The fourth-order valence-corrected chi connectivity index (χ4v) is 1.26. The van der Waals surface area contributed by atoms with Gasteiger partial charge in [-0.05, 0) is 25.7 Å². The van der Waals surface area contributed by atoms with Crippen molar-refractivity contribution < 1.29 is 4.39 Å². The Morgan fingerprint density at radius 2 is 2.38 bits per heavy atom. The lowest BCUT2D eigenvalue weighted by molar-refractivity contribution is 0.276. The Balaban J connectivity index is 2.23. The molecule has 1 aliphatic carbocycles. The SMILES string of the molecule is FC1CCC[C](Cl)C1. The van der Waals surface area contributed by atoms with Gasteiger partial charge in [-0.25, -0.2) is 4.39 Å². The first-order valence-corrected chi connectivity index (χ1v) is 3.31. The Bertz CT molecular complexity index is 66.9. The summed E-state index contributed by atoms with van der Waals surface area (Å²) in [6.45, 7) is 0. The van der Waals surface area contributed by atoms with E-state index in [1.165, 1.54) is 0 Å². The number of hydrogen-bond acceptors (Lipinski definition) is 0. The van der Waals surface area contributed by atoms with Gasteiger partial charge in [0.25, 0.3) is 0 Å². The van der Waals surface area contributed by atoms with Crippen LogP contribution in [-0.2, 0) is 0 Å². The zero-order valence-electron chi connectivity index (χ0n) is 4.66. The molecule has 1 saturated carbocycles. The summed E-state index contributed by atoms with van der Waals surface area (Å²) in [6.07, 6.45) is 2.39. The van der Waals surface area contributed by atoms with Crippen LogP contribution in [0.1, 0.15) is 25.7 Å². The molecule has 0 bridgehead atoms. The minimum absolute atomic E-state index is 0.488. The van der Waals surface area contributed by atoms with E-state index in [-0.39, 0.29) is 0 Å². The van der Waals surface area contributed by atoms with Crippen LogP contribution < -0.4 is 0 Å². The van der Waals surface area contributed by atoms with E-state index in [0.29, 0.717) is 12.8 Å². The van der Waals surface area contributed by atoms with Gasteiger partial charge in [-0.3, -0.25) is 0 Å². The first kappa shape index (κ1) is 6.34. The lowest BCUT2D eigenvalue weighted by Gasteiger charge is -2.17. The molecule has 1 fully saturated rings. The van der Waals surface area contributed by atoms with Crippen LogP contribution in [0.15, 0.2) is 0 Å². The molecule has 0 N–H and O–H groups in total. The van der Waals surface area contributed by atoms with Crippen molar-refractivity contribution in [3.8, 4) is 0 Å². The smallest absolute Gasteiger partial charge is 0.102 e. The van der Waals surface area contributed by atoms with Crippen LogP contribution in [0.5, 0.6) is 0 Å². The van der Waals surface area contributed by atoms with Crippen molar-refractivity contribution in [2.45, 2.75) is 31.9 Å². The molecule has 0 spiro atoms. The summed E-state index contributed by atoms with van der Waals surface area (Å²) in [5, 5.41) is 0.809. The monoisotopic (exact) mass is 135 g/mol. The fraction of sp³-hybridized carbons (Fsp3) is 0.833. The molecule has 1 unspecified atom stereocenters. The minimum atomic E-state index is -0.656. The van der Waals surface area contributed by atoms with Crippen molar-refractivity contribution >= 4 is 11.6 Å². The van der Waals surface area contributed by atoms with Crippen LogP contribution in [-0.4, -0.2) is 6.17 Å². The summed E-state index contributed by atoms with van der Waals surface area (Å²) in [5.41, 5.74) is 0. The summed E-state index contributed by atoms with van der Waals surface area (Å²) < 4.78 is 12.3. The molecule has 0 amide bonds. The second-order valence-electron chi connectivity index (χ2n) is 2.21. The molecule has 8 heavy (non-hydrogen) atoms. The van der Waals surface area contributed by atoms with Gasteiger partial charge < -0.3 is 0 Å². The molecule has 1 atom stereocenters. The molecule has 0 heterocycles. The lowest BCUT2D eigenvalue weighted by Crippen LogP contribution is -2.10. The highest BCUT2D eigenvalue weighted by molar-refractivity contribution is 6.26. The van der Waals surface area contributed by atoms with E-state index in [9.17, 15) is 4.39 Å². The van der Waals surface area contributed by atoms with Gasteiger partial charge in [0.05, 0.1) is 5.38 Å². The fourth-order valence-electron chi connectivity index (χ4n) is 0.960. The van der Waals surface area contributed by atoms with Gasteiger partial charge in [-0.15, -0.1) is 11.6 Å². The van der Waals surface area contributed by atoms with Crippen molar-refractivity contribution in [1.29, 1.82) is 0 Å². The second-order valence-corrected chi connectivity index (χ2v) is 2.75. The standard InChI is InChI=1S/C6H9ClF/c7-5-2-1-3-6(8)4-5/h6H,1-4H2. The van der Waals surface area contributed by atoms with Crippen molar-refractivity contribution in [2.75, 3.05) is 0 Å². The number of halogens is 2. The minimum Gasteiger partial charge on any atom is -0.247 e. The third-order valence-corrected chi connectivity index (χ3v) is 1.75. The largest absolute Gasteiger partial charge is 0.247 e. The second kappa shape index (κ2) is 2.67. The highest BCUT2D eigenvalue weighted by atomic mass is 35.5. The summed E-state index contributed by atoms with van der Waals surface area (Å²) >= 11 is 5.59. The van der Waals surface area contributed by atoms with E-state index in [2.05, 4.69) is 0 Å². The molecule has 47 valence electrons. The third kappa shape index (κ3) is 1.62. The molecule has 0 aromatic rings. The molecule has 0 nitrogen and oxygen atoms in total. The molecule has 0 aromatic carbocycles. The van der Waals surface area contributed by atoms with Crippen molar-refractivity contribution in [3.05, 3.63) is 5.38 Å². The van der Waals surface area contributed by atoms with E-state index in [1.807, 2.05) is 0 Å². The third-order valence-electron chi connectivity index (χ3n) is 1.41. The van der Waals surface area contributed by atoms with E-state index in [1.54, 1.807) is 0 Å². The molecule has 1 radical (unpaired) electrons. The van der Waals surface area contributed by atoms with E-state index < -0.39 is 6.17 Å². The Morgan fingerprint density at radius 3 is 2.75 bits per heavy atom. The Kier molecular flexibility index (Phi) is 2.12. The van der Waals surface area contributed by atoms with Gasteiger partial charge in [0.2, 0.25) is 0 Å². The number of alkyl halides is 1. The van der Waals surface area contributed by atoms with Gasteiger partial charge >= 0.3 is 0 Å². The molecule has 2 heteroatoms.